The van der Waals surface area contributed by atoms with Gasteiger partial charge in [-0.2, -0.15) is 4.37 Å². The largest absolute Gasteiger partial charge is 0.442 e. The number of allylic oxidation sites excluding steroid dienone is 1. The topological polar surface area (TPSA) is 51.2 Å². The molecule has 2 aliphatic rings. The molecule has 1 saturated carbocycles. The minimum Gasteiger partial charge on any atom is -0.442 e. The SMILES string of the molecule is Cc1nsc(-c2ccc(-c3ccc(C4(C)CC4)cc3)cc2)c1NC(=O)OC(C)C1=C(Cl)CCCC1. The first kappa shape index (κ1) is 24.1. The molecule has 5 rings (SSSR count). The lowest BCUT2D eigenvalue weighted by atomic mass is 9.95. The first-order chi connectivity index (χ1) is 16.8. The summed E-state index contributed by atoms with van der Waals surface area (Å²) in [5.74, 6) is 0. The van der Waals surface area contributed by atoms with E-state index >= 15 is 0 Å². The van der Waals surface area contributed by atoms with E-state index in [9.17, 15) is 4.79 Å². The molecule has 0 radical (unpaired) electrons. The van der Waals surface area contributed by atoms with E-state index in [0.29, 0.717) is 11.1 Å². The average Bonchev–Trinajstić information content (AvgIpc) is 3.52. The molecule has 0 bridgehead atoms. The maximum absolute atomic E-state index is 12.7. The molecule has 1 aromatic heterocycles. The van der Waals surface area contributed by atoms with E-state index in [4.69, 9.17) is 16.3 Å². The number of amides is 1. The van der Waals surface area contributed by atoms with Crippen LogP contribution in [0.4, 0.5) is 10.5 Å². The van der Waals surface area contributed by atoms with Crippen LogP contribution in [0.25, 0.3) is 21.6 Å². The molecule has 1 amide bonds. The van der Waals surface area contributed by atoms with E-state index in [-0.39, 0.29) is 6.10 Å². The van der Waals surface area contributed by atoms with Crippen molar-refractivity contribution in [3.63, 3.8) is 0 Å². The van der Waals surface area contributed by atoms with Gasteiger partial charge in [0, 0.05) is 5.03 Å². The average molecular weight is 507 g/mol. The van der Waals surface area contributed by atoms with E-state index in [1.165, 1.54) is 41.1 Å². The summed E-state index contributed by atoms with van der Waals surface area (Å²) < 4.78 is 10.2. The molecular weight excluding hydrogens is 476 g/mol. The number of nitrogens with zero attached hydrogens (tertiary/aromatic N) is 1. The van der Waals surface area contributed by atoms with Crippen LogP contribution >= 0.6 is 23.1 Å². The van der Waals surface area contributed by atoms with Crippen molar-refractivity contribution in [2.45, 2.75) is 70.8 Å². The van der Waals surface area contributed by atoms with Crippen LogP contribution in [0, 0.1) is 6.92 Å². The Morgan fingerprint density at radius 2 is 1.63 bits per heavy atom. The zero-order chi connectivity index (χ0) is 24.6. The summed E-state index contributed by atoms with van der Waals surface area (Å²) in [4.78, 5) is 13.6. The summed E-state index contributed by atoms with van der Waals surface area (Å²) in [5.41, 5.74) is 7.71. The highest BCUT2D eigenvalue weighted by Gasteiger charge is 2.38. The van der Waals surface area contributed by atoms with Crippen molar-refractivity contribution in [2.24, 2.45) is 0 Å². The molecule has 3 aromatic rings. The van der Waals surface area contributed by atoms with E-state index in [2.05, 4.69) is 65.1 Å². The molecule has 1 unspecified atom stereocenters. The Balaban J connectivity index is 1.29. The van der Waals surface area contributed by atoms with Gasteiger partial charge in [-0.15, -0.1) is 0 Å². The Morgan fingerprint density at radius 1 is 1.03 bits per heavy atom. The highest BCUT2D eigenvalue weighted by atomic mass is 35.5. The zero-order valence-electron chi connectivity index (χ0n) is 20.5. The summed E-state index contributed by atoms with van der Waals surface area (Å²) in [6.07, 6.45) is 5.66. The third-order valence-electron chi connectivity index (χ3n) is 7.37. The second-order valence-electron chi connectivity index (χ2n) is 10.00. The molecular formula is C29H31ClN2O2S. The number of hydrogen-bond acceptors (Lipinski definition) is 4. The van der Waals surface area contributed by atoms with Crippen LogP contribution in [0.15, 0.2) is 59.1 Å². The number of benzene rings is 2. The predicted molar refractivity (Wildman–Crippen MR) is 145 cm³/mol. The van der Waals surface area contributed by atoms with Gasteiger partial charge in [-0.3, -0.25) is 5.32 Å². The molecule has 1 N–H and O–H groups in total. The van der Waals surface area contributed by atoms with Gasteiger partial charge in [-0.1, -0.05) is 67.1 Å². The Labute approximate surface area is 216 Å². The van der Waals surface area contributed by atoms with Crippen LogP contribution in [0.5, 0.6) is 0 Å². The minimum absolute atomic E-state index is 0.341. The summed E-state index contributed by atoms with van der Waals surface area (Å²) in [7, 11) is 0. The van der Waals surface area contributed by atoms with E-state index in [1.54, 1.807) is 0 Å². The first-order valence-electron chi connectivity index (χ1n) is 12.4. The molecule has 35 heavy (non-hydrogen) atoms. The number of aromatic nitrogens is 1. The number of hydrogen-bond donors (Lipinski definition) is 1. The van der Waals surface area contributed by atoms with Crippen molar-refractivity contribution in [1.82, 2.24) is 4.37 Å². The fourth-order valence-corrected chi connectivity index (χ4v) is 5.98. The number of aryl methyl sites for hydroxylation is 1. The number of rotatable bonds is 6. The van der Waals surface area contributed by atoms with Crippen LogP contribution in [0.3, 0.4) is 0 Å². The molecule has 1 heterocycles. The Morgan fingerprint density at radius 3 is 2.26 bits per heavy atom. The smallest absolute Gasteiger partial charge is 0.412 e. The molecule has 6 heteroatoms. The van der Waals surface area contributed by atoms with Crippen molar-refractivity contribution < 1.29 is 9.53 Å². The van der Waals surface area contributed by atoms with E-state index < -0.39 is 6.09 Å². The van der Waals surface area contributed by atoms with Gasteiger partial charge in [0.05, 0.1) is 16.3 Å². The van der Waals surface area contributed by atoms with Crippen LogP contribution in [-0.2, 0) is 10.2 Å². The molecule has 182 valence electrons. The summed E-state index contributed by atoms with van der Waals surface area (Å²) in [6.45, 7) is 6.12. The Hall–Kier alpha value is -2.63. The maximum atomic E-state index is 12.7. The predicted octanol–water partition coefficient (Wildman–Crippen LogP) is 8.84. The standard InChI is InChI=1S/C29H31ClN2O2S/c1-18-26(31-28(33)34-19(2)24-6-4-5-7-25(24)30)27(35-32-18)22-10-8-20(9-11-22)21-12-14-23(15-13-21)29(3)16-17-29/h8-15,19H,4-7,16-17H2,1-3H3,(H,31,33). The first-order valence-corrected chi connectivity index (χ1v) is 13.5. The van der Waals surface area contributed by atoms with Gasteiger partial charge >= 0.3 is 6.09 Å². The minimum atomic E-state index is -0.481. The molecule has 0 spiro atoms. The molecule has 0 saturated heterocycles. The fourth-order valence-electron chi connectivity index (χ4n) is 4.75. The van der Waals surface area contributed by atoms with Gasteiger partial charge in [-0.05, 0) is 97.1 Å². The van der Waals surface area contributed by atoms with Gasteiger partial charge in [0.15, 0.2) is 0 Å². The van der Waals surface area contributed by atoms with Crippen LogP contribution in [0.2, 0.25) is 0 Å². The van der Waals surface area contributed by atoms with E-state index in [0.717, 1.165) is 52.4 Å². The van der Waals surface area contributed by atoms with Crippen LogP contribution < -0.4 is 5.32 Å². The van der Waals surface area contributed by atoms with Gasteiger partial charge in [0.1, 0.15) is 6.10 Å². The number of carbonyl (C=O) groups excluding carboxylic acids is 1. The van der Waals surface area contributed by atoms with Crippen molar-refractivity contribution in [3.8, 4) is 21.6 Å². The number of anilines is 1. The number of nitrogens with one attached hydrogen (secondary N) is 1. The van der Waals surface area contributed by atoms with Crippen LogP contribution in [-0.4, -0.2) is 16.6 Å². The van der Waals surface area contributed by atoms with Gasteiger partial charge < -0.3 is 4.74 Å². The number of ether oxygens (including phenoxy) is 1. The highest BCUT2D eigenvalue weighted by molar-refractivity contribution is 7.10. The lowest BCUT2D eigenvalue weighted by Gasteiger charge is -2.22. The third-order valence-corrected chi connectivity index (χ3v) is 8.79. The lowest BCUT2D eigenvalue weighted by molar-refractivity contribution is 0.134. The summed E-state index contributed by atoms with van der Waals surface area (Å²) in [6, 6.07) is 17.4. The number of halogens is 1. The van der Waals surface area contributed by atoms with E-state index in [1.807, 2.05) is 13.8 Å². The maximum Gasteiger partial charge on any atom is 0.412 e. The number of carbonyl (C=O) groups is 1. The van der Waals surface area contributed by atoms with Crippen molar-refractivity contribution in [1.29, 1.82) is 0 Å². The third kappa shape index (κ3) is 5.17. The van der Waals surface area contributed by atoms with Crippen molar-refractivity contribution in [2.75, 3.05) is 5.32 Å². The zero-order valence-corrected chi connectivity index (χ0v) is 22.1. The second kappa shape index (κ2) is 9.79. The molecule has 0 aliphatic heterocycles. The quantitative estimate of drug-likeness (QED) is 0.363. The van der Waals surface area contributed by atoms with Crippen LogP contribution in [0.1, 0.15) is 63.6 Å². The molecule has 4 nitrogen and oxygen atoms in total. The Kier molecular flexibility index (Phi) is 6.73. The summed E-state index contributed by atoms with van der Waals surface area (Å²) in [5, 5.41) is 3.77. The fraction of sp³-hybridized carbons (Fsp3) is 0.379. The van der Waals surface area contributed by atoms with Crippen molar-refractivity contribution >= 4 is 34.9 Å². The normalized spacial score (nSPS) is 17.7. The second-order valence-corrected chi connectivity index (χ2v) is 11.2. The molecule has 2 aliphatic carbocycles. The lowest BCUT2D eigenvalue weighted by Crippen LogP contribution is -2.23. The Bertz CT molecular complexity index is 1260. The van der Waals surface area contributed by atoms with Gasteiger partial charge in [0.2, 0.25) is 0 Å². The highest BCUT2D eigenvalue weighted by Crippen LogP contribution is 2.47. The van der Waals surface area contributed by atoms with Gasteiger partial charge in [-0.25, -0.2) is 4.79 Å². The monoisotopic (exact) mass is 506 g/mol. The molecule has 2 aromatic carbocycles. The van der Waals surface area contributed by atoms with Crippen molar-refractivity contribution in [3.05, 3.63) is 70.4 Å². The molecule has 1 atom stereocenters. The van der Waals surface area contributed by atoms with Gasteiger partial charge in [0.25, 0.3) is 0 Å². The summed E-state index contributed by atoms with van der Waals surface area (Å²) >= 11 is 7.76. The molecule has 1 fully saturated rings.